The van der Waals surface area contributed by atoms with Gasteiger partial charge in [0.1, 0.15) is 6.54 Å². The minimum Gasteiger partial charge on any atom is -0.271 e. The Balaban J connectivity index is 1.83. The molecule has 0 aliphatic heterocycles. The standard InChI is InChI=1S/C21H16Cl3N3O3S/c22-16-5-4-6-18(11-16)27(31(29,30)19-7-2-1-3-8-19)14-21(28)26-25-13-15-9-10-17(23)12-20(15)24/h1-13H,14H2,(H,26,28)/b25-13-. The Labute approximate surface area is 195 Å². The van der Waals surface area contributed by atoms with Crippen molar-refractivity contribution in [2.45, 2.75) is 4.90 Å². The number of anilines is 1. The Bertz CT molecular complexity index is 1220. The highest BCUT2D eigenvalue weighted by Gasteiger charge is 2.27. The van der Waals surface area contributed by atoms with Gasteiger partial charge in [-0.05, 0) is 42.5 Å². The van der Waals surface area contributed by atoms with Crippen molar-refractivity contribution in [1.82, 2.24) is 5.43 Å². The molecule has 0 saturated carbocycles. The number of nitrogens with zero attached hydrogens (tertiary/aromatic N) is 2. The quantitative estimate of drug-likeness (QED) is 0.370. The lowest BCUT2D eigenvalue weighted by Crippen LogP contribution is -2.39. The summed E-state index contributed by atoms with van der Waals surface area (Å²) in [6.07, 6.45) is 1.34. The van der Waals surface area contributed by atoms with E-state index in [-0.39, 0.29) is 10.6 Å². The lowest BCUT2D eigenvalue weighted by molar-refractivity contribution is -0.119. The van der Waals surface area contributed by atoms with Crippen molar-refractivity contribution < 1.29 is 13.2 Å². The Kier molecular flexibility index (Phi) is 7.56. The molecule has 0 fully saturated rings. The minimum atomic E-state index is -4.03. The molecule has 1 amide bonds. The second kappa shape index (κ2) is 10.2. The summed E-state index contributed by atoms with van der Waals surface area (Å²) in [6.45, 7) is -0.511. The van der Waals surface area contributed by atoms with E-state index in [0.29, 0.717) is 20.6 Å². The molecule has 6 nitrogen and oxygen atoms in total. The summed E-state index contributed by atoms with van der Waals surface area (Å²) in [4.78, 5) is 12.5. The molecule has 0 heterocycles. The van der Waals surface area contributed by atoms with E-state index in [4.69, 9.17) is 34.8 Å². The summed E-state index contributed by atoms with van der Waals surface area (Å²) in [7, 11) is -4.03. The second-order valence-electron chi connectivity index (χ2n) is 6.26. The van der Waals surface area contributed by atoms with Crippen LogP contribution in [0.3, 0.4) is 0 Å². The number of rotatable bonds is 7. The van der Waals surface area contributed by atoms with Crippen molar-refractivity contribution in [2.24, 2.45) is 5.10 Å². The van der Waals surface area contributed by atoms with E-state index in [1.807, 2.05) is 0 Å². The predicted octanol–water partition coefficient (Wildman–Crippen LogP) is 4.99. The van der Waals surface area contributed by atoms with E-state index in [1.165, 1.54) is 24.4 Å². The van der Waals surface area contributed by atoms with Crippen LogP contribution in [0.1, 0.15) is 5.56 Å². The average Bonchev–Trinajstić information content (AvgIpc) is 2.74. The number of sulfonamides is 1. The first-order valence-electron chi connectivity index (χ1n) is 8.88. The molecule has 3 aromatic carbocycles. The number of hydrazone groups is 1. The number of hydrogen-bond acceptors (Lipinski definition) is 4. The first-order valence-corrected chi connectivity index (χ1v) is 11.4. The van der Waals surface area contributed by atoms with Crippen molar-refractivity contribution in [3.8, 4) is 0 Å². The fourth-order valence-electron chi connectivity index (χ4n) is 2.61. The first-order chi connectivity index (χ1) is 14.8. The van der Waals surface area contributed by atoms with Crippen LogP contribution in [0.15, 0.2) is 82.8 Å². The number of nitrogens with one attached hydrogen (secondary N) is 1. The van der Waals surface area contributed by atoms with Gasteiger partial charge in [0.2, 0.25) is 0 Å². The van der Waals surface area contributed by atoms with E-state index in [1.54, 1.807) is 54.6 Å². The smallest absolute Gasteiger partial charge is 0.264 e. The van der Waals surface area contributed by atoms with Crippen molar-refractivity contribution in [1.29, 1.82) is 0 Å². The SMILES string of the molecule is O=C(CN(c1cccc(Cl)c1)S(=O)(=O)c1ccccc1)N/N=C\c1ccc(Cl)cc1Cl. The summed E-state index contributed by atoms with van der Waals surface area (Å²) in [6, 6.07) is 18.8. The van der Waals surface area contributed by atoms with Gasteiger partial charge in [0.05, 0.1) is 21.8 Å². The first kappa shape index (κ1) is 23.1. The van der Waals surface area contributed by atoms with Crippen LogP contribution in [0, 0.1) is 0 Å². The number of carbonyl (C=O) groups excluding carboxylic acids is 1. The van der Waals surface area contributed by atoms with Crippen LogP contribution >= 0.6 is 34.8 Å². The lowest BCUT2D eigenvalue weighted by Gasteiger charge is -2.23. The summed E-state index contributed by atoms with van der Waals surface area (Å²) < 4.78 is 27.3. The molecule has 0 radical (unpaired) electrons. The molecule has 3 rings (SSSR count). The van der Waals surface area contributed by atoms with E-state index >= 15 is 0 Å². The zero-order chi connectivity index (χ0) is 22.4. The Hall–Kier alpha value is -2.58. The highest BCUT2D eigenvalue weighted by atomic mass is 35.5. The van der Waals surface area contributed by atoms with Gasteiger partial charge in [-0.15, -0.1) is 0 Å². The summed E-state index contributed by atoms with van der Waals surface area (Å²) in [5.41, 5.74) is 3.09. The average molecular weight is 497 g/mol. The maximum atomic E-state index is 13.2. The van der Waals surface area contributed by atoms with Crippen LogP contribution in [0.4, 0.5) is 5.69 Å². The maximum Gasteiger partial charge on any atom is 0.264 e. The predicted molar refractivity (Wildman–Crippen MR) is 125 cm³/mol. The second-order valence-corrected chi connectivity index (χ2v) is 9.41. The molecule has 0 atom stereocenters. The van der Waals surface area contributed by atoms with Crippen LogP contribution in [-0.4, -0.2) is 27.1 Å². The zero-order valence-corrected chi connectivity index (χ0v) is 19.0. The largest absolute Gasteiger partial charge is 0.271 e. The van der Waals surface area contributed by atoms with Gasteiger partial charge in [-0.25, -0.2) is 13.8 Å². The molecular weight excluding hydrogens is 481 g/mol. The number of carbonyl (C=O) groups is 1. The number of halogens is 3. The lowest BCUT2D eigenvalue weighted by atomic mass is 10.2. The van der Waals surface area contributed by atoms with Crippen LogP contribution in [0.2, 0.25) is 15.1 Å². The minimum absolute atomic E-state index is 0.0409. The molecule has 10 heteroatoms. The van der Waals surface area contributed by atoms with Gasteiger partial charge in [-0.1, -0.05) is 65.1 Å². The number of hydrogen-bond donors (Lipinski definition) is 1. The number of benzene rings is 3. The summed E-state index contributed by atoms with van der Waals surface area (Å²) in [5.74, 6) is -0.652. The molecule has 0 bridgehead atoms. The molecule has 3 aromatic rings. The molecule has 1 N–H and O–H groups in total. The molecule has 0 aliphatic carbocycles. The van der Waals surface area contributed by atoms with Crippen LogP contribution in [0.5, 0.6) is 0 Å². The fourth-order valence-corrected chi connectivity index (χ4v) is 4.69. The Morgan fingerprint density at radius 3 is 2.32 bits per heavy atom. The van der Waals surface area contributed by atoms with Crippen molar-refractivity contribution >= 4 is 62.6 Å². The Morgan fingerprint density at radius 2 is 1.65 bits per heavy atom. The van der Waals surface area contributed by atoms with Crippen molar-refractivity contribution in [2.75, 3.05) is 10.8 Å². The summed E-state index contributed by atoms with van der Waals surface area (Å²) in [5, 5.41) is 5.01. The molecule has 0 aromatic heterocycles. The van der Waals surface area contributed by atoms with Crippen molar-refractivity contribution in [3.63, 3.8) is 0 Å². The van der Waals surface area contributed by atoms with Gasteiger partial charge in [0.15, 0.2) is 0 Å². The zero-order valence-electron chi connectivity index (χ0n) is 15.9. The molecule has 0 aliphatic rings. The molecule has 160 valence electrons. The van der Waals surface area contributed by atoms with Gasteiger partial charge < -0.3 is 0 Å². The van der Waals surface area contributed by atoms with Crippen LogP contribution < -0.4 is 9.73 Å². The van der Waals surface area contributed by atoms with Gasteiger partial charge in [-0.3, -0.25) is 9.10 Å². The van der Waals surface area contributed by atoms with E-state index in [9.17, 15) is 13.2 Å². The number of amides is 1. The van der Waals surface area contributed by atoms with E-state index in [0.717, 1.165) is 4.31 Å². The van der Waals surface area contributed by atoms with Gasteiger partial charge in [0, 0.05) is 15.6 Å². The molecular formula is C21H16Cl3N3O3S. The maximum absolute atomic E-state index is 13.2. The Morgan fingerprint density at radius 1 is 0.935 bits per heavy atom. The third-order valence-electron chi connectivity index (χ3n) is 4.07. The summed E-state index contributed by atoms with van der Waals surface area (Å²) >= 11 is 17.9. The van der Waals surface area contributed by atoms with Gasteiger partial charge >= 0.3 is 0 Å². The normalized spacial score (nSPS) is 11.5. The van der Waals surface area contributed by atoms with Gasteiger partial charge in [-0.2, -0.15) is 5.10 Å². The topological polar surface area (TPSA) is 78.8 Å². The molecule has 0 saturated heterocycles. The highest BCUT2D eigenvalue weighted by molar-refractivity contribution is 7.92. The fraction of sp³-hybridized carbons (Fsp3) is 0.0476. The third-order valence-corrected chi connectivity index (χ3v) is 6.66. The highest BCUT2D eigenvalue weighted by Crippen LogP contribution is 2.26. The molecule has 31 heavy (non-hydrogen) atoms. The van der Waals surface area contributed by atoms with Gasteiger partial charge in [0.25, 0.3) is 15.9 Å². The van der Waals surface area contributed by atoms with Crippen LogP contribution in [-0.2, 0) is 14.8 Å². The van der Waals surface area contributed by atoms with Crippen LogP contribution in [0.25, 0.3) is 0 Å². The molecule has 0 unspecified atom stereocenters. The van der Waals surface area contributed by atoms with E-state index < -0.39 is 22.5 Å². The third kappa shape index (κ3) is 5.98. The van der Waals surface area contributed by atoms with Crippen molar-refractivity contribution in [3.05, 3.63) is 93.4 Å². The monoisotopic (exact) mass is 495 g/mol. The van der Waals surface area contributed by atoms with E-state index in [2.05, 4.69) is 10.5 Å². The molecule has 0 spiro atoms.